The first kappa shape index (κ1) is 11.6. The van der Waals surface area contributed by atoms with Crippen LogP contribution in [0.15, 0.2) is 18.2 Å². The van der Waals surface area contributed by atoms with Crippen molar-refractivity contribution in [2.75, 3.05) is 13.6 Å². The first-order chi connectivity index (χ1) is 7.63. The summed E-state index contributed by atoms with van der Waals surface area (Å²) in [5.74, 6) is 0. The summed E-state index contributed by atoms with van der Waals surface area (Å²) in [6.07, 6.45) is 2.50. The highest BCUT2D eigenvalue weighted by Gasteiger charge is 2.48. The van der Waals surface area contributed by atoms with Crippen molar-refractivity contribution in [3.8, 4) is 0 Å². The Kier molecular flexibility index (Phi) is 3.04. The number of aryl methyl sites for hydroxylation is 2. The van der Waals surface area contributed by atoms with Crippen molar-refractivity contribution in [2.24, 2.45) is 11.1 Å². The minimum atomic E-state index is 0.316. The van der Waals surface area contributed by atoms with Crippen LogP contribution in [0.25, 0.3) is 0 Å². The fraction of sp³-hybridized carbons (Fsp3) is 0.571. The molecule has 2 rings (SSSR count). The molecular formula is C14H22N2. The number of hydrogen-bond donors (Lipinski definition) is 2. The molecule has 1 saturated carbocycles. The van der Waals surface area contributed by atoms with Crippen molar-refractivity contribution >= 4 is 0 Å². The normalized spacial score (nSPS) is 19.5. The van der Waals surface area contributed by atoms with E-state index in [2.05, 4.69) is 37.4 Å². The maximum Gasteiger partial charge on any atom is 0.0386 e. The van der Waals surface area contributed by atoms with Gasteiger partial charge in [0.1, 0.15) is 0 Å². The Bertz CT molecular complexity index is 380. The minimum Gasteiger partial charge on any atom is -0.330 e. The SMILES string of the molecule is CNC(c1ccc(C)c(C)c1)C1(CN)CC1. The second kappa shape index (κ2) is 4.19. The van der Waals surface area contributed by atoms with E-state index in [4.69, 9.17) is 5.73 Å². The first-order valence-electron chi connectivity index (χ1n) is 6.07. The Morgan fingerprint density at radius 1 is 1.31 bits per heavy atom. The van der Waals surface area contributed by atoms with E-state index in [-0.39, 0.29) is 0 Å². The van der Waals surface area contributed by atoms with Crippen LogP contribution in [-0.4, -0.2) is 13.6 Å². The molecule has 16 heavy (non-hydrogen) atoms. The van der Waals surface area contributed by atoms with Gasteiger partial charge < -0.3 is 11.1 Å². The van der Waals surface area contributed by atoms with Gasteiger partial charge in [0.25, 0.3) is 0 Å². The van der Waals surface area contributed by atoms with Crippen LogP contribution in [0.2, 0.25) is 0 Å². The molecule has 1 aliphatic rings. The standard InChI is InChI=1S/C14H22N2/c1-10-4-5-12(8-11(10)2)13(16-3)14(9-15)6-7-14/h4-5,8,13,16H,6-7,9,15H2,1-3H3. The van der Waals surface area contributed by atoms with Crippen molar-refractivity contribution in [1.29, 1.82) is 0 Å². The summed E-state index contributed by atoms with van der Waals surface area (Å²) in [4.78, 5) is 0. The number of benzene rings is 1. The molecule has 0 aliphatic heterocycles. The lowest BCUT2D eigenvalue weighted by molar-refractivity contribution is 0.366. The van der Waals surface area contributed by atoms with Crippen molar-refractivity contribution in [3.63, 3.8) is 0 Å². The van der Waals surface area contributed by atoms with Crippen molar-refractivity contribution in [2.45, 2.75) is 32.7 Å². The molecule has 2 heteroatoms. The van der Waals surface area contributed by atoms with Crippen molar-refractivity contribution in [1.82, 2.24) is 5.32 Å². The lowest BCUT2D eigenvalue weighted by Crippen LogP contribution is -2.32. The van der Waals surface area contributed by atoms with Crippen LogP contribution in [0.5, 0.6) is 0 Å². The Labute approximate surface area is 98.2 Å². The van der Waals surface area contributed by atoms with Gasteiger partial charge in [0, 0.05) is 11.5 Å². The summed E-state index contributed by atoms with van der Waals surface area (Å²) >= 11 is 0. The summed E-state index contributed by atoms with van der Waals surface area (Å²) in [7, 11) is 2.04. The van der Waals surface area contributed by atoms with Gasteiger partial charge in [-0.1, -0.05) is 18.2 Å². The average Bonchev–Trinajstić information content (AvgIpc) is 3.05. The fourth-order valence-corrected chi connectivity index (χ4v) is 2.54. The van der Waals surface area contributed by atoms with E-state index in [0.717, 1.165) is 6.54 Å². The Balaban J connectivity index is 2.30. The quantitative estimate of drug-likeness (QED) is 0.814. The molecule has 0 bridgehead atoms. The molecule has 0 heterocycles. The zero-order valence-corrected chi connectivity index (χ0v) is 10.5. The Hall–Kier alpha value is -0.860. The summed E-state index contributed by atoms with van der Waals surface area (Å²) in [5.41, 5.74) is 10.3. The van der Waals surface area contributed by atoms with Crippen LogP contribution < -0.4 is 11.1 Å². The second-order valence-electron chi connectivity index (χ2n) is 5.13. The van der Waals surface area contributed by atoms with E-state index in [1.807, 2.05) is 7.05 Å². The molecule has 3 N–H and O–H groups in total. The van der Waals surface area contributed by atoms with Crippen LogP contribution in [-0.2, 0) is 0 Å². The molecule has 1 fully saturated rings. The predicted octanol–water partition coefficient (Wildman–Crippen LogP) is 2.30. The van der Waals surface area contributed by atoms with E-state index in [0.29, 0.717) is 11.5 Å². The molecule has 0 saturated heterocycles. The molecule has 0 radical (unpaired) electrons. The second-order valence-corrected chi connectivity index (χ2v) is 5.13. The van der Waals surface area contributed by atoms with E-state index in [1.165, 1.54) is 29.5 Å². The zero-order chi connectivity index (χ0) is 11.8. The largest absolute Gasteiger partial charge is 0.330 e. The molecule has 0 aromatic heterocycles. The highest BCUT2D eigenvalue weighted by atomic mass is 14.9. The molecule has 2 nitrogen and oxygen atoms in total. The monoisotopic (exact) mass is 218 g/mol. The number of hydrogen-bond acceptors (Lipinski definition) is 2. The van der Waals surface area contributed by atoms with Gasteiger partial charge in [-0.15, -0.1) is 0 Å². The zero-order valence-electron chi connectivity index (χ0n) is 10.5. The van der Waals surface area contributed by atoms with E-state index < -0.39 is 0 Å². The predicted molar refractivity (Wildman–Crippen MR) is 68.4 cm³/mol. The lowest BCUT2D eigenvalue weighted by Gasteiger charge is -2.26. The third kappa shape index (κ3) is 1.87. The lowest BCUT2D eigenvalue weighted by atomic mass is 9.88. The van der Waals surface area contributed by atoms with Gasteiger partial charge in [0.05, 0.1) is 0 Å². The molecule has 0 spiro atoms. The maximum atomic E-state index is 5.91. The summed E-state index contributed by atoms with van der Waals surface area (Å²) < 4.78 is 0. The molecule has 1 aliphatic carbocycles. The molecule has 1 aromatic rings. The summed E-state index contributed by atoms with van der Waals surface area (Å²) in [5, 5.41) is 3.44. The van der Waals surface area contributed by atoms with Crippen LogP contribution >= 0.6 is 0 Å². The molecule has 1 atom stereocenters. The van der Waals surface area contributed by atoms with Gasteiger partial charge in [-0.05, 0) is 57.0 Å². The van der Waals surface area contributed by atoms with Gasteiger partial charge in [0.2, 0.25) is 0 Å². The number of nitrogens with two attached hydrogens (primary N) is 1. The number of nitrogens with one attached hydrogen (secondary N) is 1. The van der Waals surface area contributed by atoms with Crippen LogP contribution in [0.4, 0.5) is 0 Å². The summed E-state index contributed by atoms with van der Waals surface area (Å²) in [6, 6.07) is 7.16. The first-order valence-corrected chi connectivity index (χ1v) is 6.07. The van der Waals surface area contributed by atoms with E-state index in [9.17, 15) is 0 Å². The average molecular weight is 218 g/mol. The fourth-order valence-electron chi connectivity index (χ4n) is 2.54. The minimum absolute atomic E-state index is 0.316. The third-order valence-corrected chi connectivity index (χ3v) is 4.06. The van der Waals surface area contributed by atoms with Gasteiger partial charge >= 0.3 is 0 Å². The van der Waals surface area contributed by atoms with Crippen LogP contribution in [0, 0.1) is 19.3 Å². The molecule has 1 unspecified atom stereocenters. The van der Waals surface area contributed by atoms with Crippen molar-refractivity contribution < 1.29 is 0 Å². The van der Waals surface area contributed by atoms with E-state index >= 15 is 0 Å². The molecule has 0 amide bonds. The third-order valence-electron chi connectivity index (χ3n) is 4.06. The van der Waals surface area contributed by atoms with E-state index in [1.54, 1.807) is 0 Å². The number of rotatable bonds is 4. The van der Waals surface area contributed by atoms with Gasteiger partial charge in [-0.3, -0.25) is 0 Å². The van der Waals surface area contributed by atoms with Crippen molar-refractivity contribution in [3.05, 3.63) is 34.9 Å². The highest BCUT2D eigenvalue weighted by molar-refractivity contribution is 5.33. The summed E-state index contributed by atoms with van der Waals surface area (Å²) in [6.45, 7) is 5.11. The van der Waals surface area contributed by atoms with Crippen LogP contribution in [0.3, 0.4) is 0 Å². The molecule has 88 valence electrons. The van der Waals surface area contributed by atoms with Crippen LogP contribution in [0.1, 0.15) is 35.6 Å². The topological polar surface area (TPSA) is 38.0 Å². The van der Waals surface area contributed by atoms with Gasteiger partial charge in [-0.25, -0.2) is 0 Å². The smallest absolute Gasteiger partial charge is 0.0386 e. The molecular weight excluding hydrogens is 196 g/mol. The Morgan fingerprint density at radius 3 is 2.44 bits per heavy atom. The van der Waals surface area contributed by atoms with Gasteiger partial charge in [-0.2, -0.15) is 0 Å². The highest BCUT2D eigenvalue weighted by Crippen LogP contribution is 2.53. The van der Waals surface area contributed by atoms with Gasteiger partial charge in [0.15, 0.2) is 0 Å². The molecule has 1 aromatic carbocycles. The maximum absolute atomic E-state index is 5.91. The Morgan fingerprint density at radius 2 is 2.00 bits per heavy atom.